The van der Waals surface area contributed by atoms with Gasteiger partial charge in [0, 0.05) is 17.6 Å². The van der Waals surface area contributed by atoms with Gasteiger partial charge in [0.25, 0.3) is 0 Å². The monoisotopic (exact) mass is 328 g/mol. The van der Waals surface area contributed by atoms with Crippen molar-refractivity contribution in [1.29, 1.82) is 0 Å². The van der Waals surface area contributed by atoms with Gasteiger partial charge in [-0.05, 0) is 69.7 Å². The van der Waals surface area contributed by atoms with Gasteiger partial charge in [0.05, 0.1) is 0 Å². The van der Waals surface area contributed by atoms with Gasteiger partial charge in [-0.3, -0.25) is 10.2 Å². The van der Waals surface area contributed by atoms with Gasteiger partial charge < -0.3 is 4.74 Å². The molecule has 2 saturated carbocycles. The zero-order valence-corrected chi connectivity index (χ0v) is 14.3. The van der Waals surface area contributed by atoms with Crippen molar-refractivity contribution < 1.29 is 9.53 Å². The summed E-state index contributed by atoms with van der Waals surface area (Å²) >= 11 is 0. The molecule has 1 aromatic rings. The summed E-state index contributed by atoms with van der Waals surface area (Å²) in [7, 11) is 0. The highest BCUT2D eigenvalue weighted by molar-refractivity contribution is 5.84. The number of carbonyl (C=O) groups excluding carboxylic acids is 1. The van der Waals surface area contributed by atoms with E-state index in [-0.39, 0.29) is 12.2 Å². The number of likely N-dealkylation sites (tertiary alicyclic amines) is 1. The SMILES string of the molecule is O=C(Nc1ccccc1)O[C@H]1[C@H]2CC[C@H]1[C@@H](N1CCCCC1)CC2. The van der Waals surface area contributed by atoms with Crippen molar-refractivity contribution in [2.75, 3.05) is 18.4 Å². The number of carbonyl (C=O) groups is 1. The van der Waals surface area contributed by atoms with Gasteiger partial charge >= 0.3 is 6.09 Å². The maximum Gasteiger partial charge on any atom is 0.411 e. The Balaban J connectivity index is 1.40. The van der Waals surface area contributed by atoms with Crippen molar-refractivity contribution in [3.63, 3.8) is 0 Å². The Labute approximate surface area is 144 Å². The molecule has 4 rings (SSSR count). The lowest BCUT2D eigenvalue weighted by atomic mass is 9.81. The van der Waals surface area contributed by atoms with Crippen LogP contribution in [0.15, 0.2) is 30.3 Å². The Hall–Kier alpha value is -1.55. The fourth-order valence-corrected chi connectivity index (χ4v) is 5.08. The summed E-state index contributed by atoms with van der Waals surface area (Å²) in [6, 6.07) is 10.2. The highest BCUT2D eigenvalue weighted by atomic mass is 16.6. The number of hydrogen-bond acceptors (Lipinski definition) is 3. The second-order valence-corrected chi connectivity index (χ2v) is 7.60. The third-order valence-corrected chi connectivity index (χ3v) is 6.21. The first kappa shape index (κ1) is 15.9. The molecule has 3 aliphatic rings. The molecule has 1 saturated heterocycles. The third-order valence-electron chi connectivity index (χ3n) is 6.21. The second-order valence-electron chi connectivity index (χ2n) is 7.60. The number of anilines is 1. The van der Waals surface area contributed by atoms with Crippen LogP contribution in [0.3, 0.4) is 0 Å². The number of hydrogen-bond donors (Lipinski definition) is 1. The van der Waals surface area contributed by atoms with Gasteiger partial charge in [-0.25, -0.2) is 4.79 Å². The number of para-hydroxylation sites is 1. The van der Waals surface area contributed by atoms with Crippen LogP contribution in [0.1, 0.15) is 44.9 Å². The maximum atomic E-state index is 12.3. The number of nitrogens with one attached hydrogen (secondary N) is 1. The normalized spacial score (nSPS) is 33.2. The Kier molecular flexibility index (Phi) is 4.74. The molecule has 0 spiro atoms. The minimum absolute atomic E-state index is 0.106. The predicted molar refractivity (Wildman–Crippen MR) is 95.0 cm³/mol. The smallest absolute Gasteiger partial charge is 0.411 e. The van der Waals surface area contributed by atoms with E-state index < -0.39 is 0 Å². The van der Waals surface area contributed by atoms with Crippen LogP contribution in [0.2, 0.25) is 0 Å². The molecule has 24 heavy (non-hydrogen) atoms. The average Bonchev–Trinajstić information content (AvgIpc) is 2.87. The molecule has 130 valence electrons. The van der Waals surface area contributed by atoms with Crippen LogP contribution in [0, 0.1) is 11.8 Å². The average molecular weight is 328 g/mol. The first-order valence-electron chi connectivity index (χ1n) is 9.58. The van der Waals surface area contributed by atoms with Gasteiger partial charge in [0.15, 0.2) is 0 Å². The molecule has 1 heterocycles. The van der Waals surface area contributed by atoms with Crippen LogP contribution in [-0.2, 0) is 4.74 Å². The molecule has 4 nitrogen and oxygen atoms in total. The maximum absolute atomic E-state index is 12.3. The fourth-order valence-electron chi connectivity index (χ4n) is 5.08. The molecule has 1 aromatic carbocycles. The Morgan fingerprint density at radius 2 is 1.75 bits per heavy atom. The second kappa shape index (κ2) is 7.14. The predicted octanol–water partition coefficient (Wildman–Crippen LogP) is 4.28. The summed E-state index contributed by atoms with van der Waals surface area (Å²) in [4.78, 5) is 15.0. The summed E-state index contributed by atoms with van der Waals surface area (Å²) in [6.45, 7) is 2.46. The lowest BCUT2D eigenvalue weighted by molar-refractivity contribution is -0.0139. The van der Waals surface area contributed by atoms with E-state index in [0.29, 0.717) is 17.9 Å². The van der Waals surface area contributed by atoms with Crippen LogP contribution in [0.4, 0.5) is 10.5 Å². The summed E-state index contributed by atoms with van der Waals surface area (Å²) in [5.41, 5.74) is 0.804. The van der Waals surface area contributed by atoms with E-state index in [2.05, 4.69) is 10.2 Å². The van der Waals surface area contributed by atoms with Gasteiger partial charge in [0.1, 0.15) is 6.10 Å². The Morgan fingerprint density at radius 1 is 1.00 bits per heavy atom. The lowest BCUT2D eigenvalue weighted by Gasteiger charge is -2.43. The lowest BCUT2D eigenvalue weighted by Crippen LogP contribution is -2.50. The fraction of sp³-hybridized carbons (Fsp3) is 0.650. The largest absolute Gasteiger partial charge is 0.445 e. The van der Waals surface area contributed by atoms with E-state index in [9.17, 15) is 4.79 Å². The standard InChI is InChI=1S/C20H28N2O2/c23-20(21-16-7-3-1-4-8-16)24-19-15-9-11-17(19)18(12-10-15)22-13-5-2-6-14-22/h1,3-4,7-8,15,17-19H,2,5-6,9-14H2,(H,21,23)/t15-,17-,18-,19-/m0/s1. The molecule has 1 aliphatic heterocycles. The number of ether oxygens (including phenoxy) is 1. The Morgan fingerprint density at radius 3 is 2.54 bits per heavy atom. The molecule has 1 N–H and O–H groups in total. The molecule has 3 fully saturated rings. The van der Waals surface area contributed by atoms with Crippen molar-refractivity contribution in [1.82, 2.24) is 4.90 Å². The molecular formula is C20H28N2O2. The highest BCUT2D eigenvalue weighted by Crippen LogP contribution is 2.46. The first-order valence-corrected chi connectivity index (χ1v) is 9.58. The van der Waals surface area contributed by atoms with E-state index in [4.69, 9.17) is 4.74 Å². The summed E-state index contributed by atoms with van der Waals surface area (Å²) < 4.78 is 5.93. The van der Waals surface area contributed by atoms with Crippen LogP contribution in [0.25, 0.3) is 0 Å². The van der Waals surface area contributed by atoms with Gasteiger partial charge in [-0.1, -0.05) is 24.6 Å². The van der Waals surface area contributed by atoms with Gasteiger partial charge in [-0.2, -0.15) is 0 Å². The zero-order valence-electron chi connectivity index (χ0n) is 14.3. The third kappa shape index (κ3) is 3.30. The van der Waals surface area contributed by atoms with Crippen LogP contribution >= 0.6 is 0 Å². The van der Waals surface area contributed by atoms with Gasteiger partial charge in [0.2, 0.25) is 0 Å². The Bertz CT molecular complexity index is 556. The molecular weight excluding hydrogens is 300 g/mol. The minimum atomic E-state index is -0.289. The molecule has 0 radical (unpaired) electrons. The van der Waals surface area contributed by atoms with E-state index in [1.54, 1.807) is 0 Å². The minimum Gasteiger partial charge on any atom is -0.445 e. The van der Waals surface area contributed by atoms with E-state index in [0.717, 1.165) is 5.69 Å². The molecule has 0 unspecified atom stereocenters. The van der Waals surface area contributed by atoms with Crippen LogP contribution in [-0.4, -0.2) is 36.2 Å². The van der Waals surface area contributed by atoms with Crippen molar-refractivity contribution in [2.24, 2.45) is 11.8 Å². The van der Waals surface area contributed by atoms with Gasteiger partial charge in [-0.15, -0.1) is 0 Å². The number of piperidine rings is 1. The highest BCUT2D eigenvalue weighted by Gasteiger charge is 2.48. The summed E-state index contributed by atoms with van der Waals surface area (Å²) in [5, 5.41) is 2.88. The first-order chi connectivity index (χ1) is 11.8. The summed E-state index contributed by atoms with van der Waals surface area (Å²) in [6.07, 6.45) is 8.77. The van der Waals surface area contributed by atoms with Crippen molar-refractivity contribution in [3.05, 3.63) is 30.3 Å². The molecule has 1 amide bonds. The van der Waals surface area contributed by atoms with Crippen LogP contribution in [0.5, 0.6) is 0 Å². The topological polar surface area (TPSA) is 41.6 Å². The molecule has 0 aromatic heterocycles. The van der Waals surface area contributed by atoms with E-state index in [1.807, 2.05) is 30.3 Å². The zero-order chi connectivity index (χ0) is 16.4. The van der Waals surface area contributed by atoms with E-state index >= 15 is 0 Å². The molecule has 4 heteroatoms. The van der Waals surface area contributed by atoms with Crippen molar-refractivity contribution in [3.8, 4) is 0 Å². The van der Waals surface area contributed by atoms with Crippen molar-refractivity contribution >= 4 is 11.8 Å². The number of rotatable bonds is 3. The molecule has 2 bridgehead atoms. The number of amides is 1. The number of benzene rings is 1. The van der Waals surface area contributed by atoms with Crippen molar-refractivity contribution in [2.45, 2.75) is 57.1 Å². The van der Waals surface area contributed by atoms with E-state index in [1.165, 1.54) is 58.0 Å². The molecule has 4 atom stereocenters. The number of nitrogens with zero attached hydrogens (tertiary/aromatic N) is 1. The summed E-state index contributed by atoms with van der Waals surface area (Å²) in [5.74, 6) is 1.10. The molecule has 2 aliphatic carbocycles. The van der Waals surface area contributed by atoms with Crippen LogP contribution < -0.4 is 5.32 Å². The quantitative estimate of drug-likeness (QED) is 0.900. The number of fused-ring (bicyclic) bond motifs is 2.